The van der Waals surface area contributed by atoms with E-state index in [1.165, 1.54) is 5.56 Å². The number of hydrogen-bond acceptors (Lipinski definition) is 5. The van der Waals surface area contributed by atoms with Crippen molar-refractivity contribution < 1.29 is 14.1 Å². The number of ether oxygens (including phenoxy) is 1. The van der Waals surface area contributed by atoms with Crippen LogP contribution in [-0.4, -0.2) is 22.7 Å². The first-order valence-electron chi connectivity index (χ1n) is 9.39. The summed E-state index contributed by atoms with van der Waals surface area (Å²) in [6, 6.07) is 11.6. The van der Waals surface area contributed by atoms with Crippen molar-refractivity contribution >= 4 is 11.6 Å². The summed E-state index contributed by atoms with van der Waals surface area (Å²) < 4.78 is 10.7. The van der Waals surface area contributed by atoms with Crippen LogP contribution < -0.4 is 10.1 Å². The number of amides is 1. The Balaban J connectivity index is 1.59. The maximum Gasteiger partial charge on any atom is 0.227 e. The Kier molecular flexibility index (Phi) is 6.09. The normalized spacial score (nSPS) is 10.7. The first kappa shape index (κ1) is 19.6. The SMILES string of the molecule is CCOc1ccc(-c2noc(CCC(=O)Nc3c(C)cc(C)cc3C)n2)cc1. The summed E-state index contributed by atoms with van der Waals surface area (Å²) in [5.41, 5.74) is 5.01. The Morgan fingerprint density at radius 2 is 1.79 bits per heavy atom. The standard InChI is InChI=1S/C22H25N3O3/c1-5-27-18-8-6-17(7-9-18)22-24-20(28-25-22)11-10-19(26)23-21-15(3)12-14(2)13-16(21)4/h6-9,12-13H,5,10-11H2,1-4H3,(H,23,26). The zero-order valence-corrected chi connectivity index (χ0v) is 16.7. The van der Waals surface area contributed by atoms with Crippen molar-refractivity contribution in [2.24, 2.45) is 0 Å². The number of hydrogen-bond donors (Lipinski definition) is 1. The smallest absolute Gasteiger partial charge is 0.227 e. The molecule has 1 N–H and O–H groups in total. The maximum absolute atomic E-state index is 12.3. The lowest BCUT2D eigenvalue weighted by atomic mass is 10.0. The van der Waals surface area contributed by atoms with Crippen LogP contribution in [0.3, 0.4) is 0 Å². The quantitative estimate of drug-likeness (QED) is 0.647. The third-order valence-corrected chi connectivity index (χ3v) is 4.40. The van der Waals surface area contributed by atoms with Crippen LogP contribution in [0.25, 0.3) is 11.4 Å². The van der Waals surface area contributed by atoms with Gasteiger partial charge in [-0.1, -0.05) is 22.9 Å². The number of nitrogens with zero attached hydrogens (tertiary/aromatic N) is 2. The molecule has 2 aromatic carbocycles. The summed E-state index contributed by atoms with van der Waals surface area (Å²) >= 11 is 0. The number of carbonyl (C=O) groups excluding carboxylic acids is 1. The second kappa shape index (κ2) is 8.69. The van der Waals surface area contributed by atoms with Crippen LogP contribution >= 0.6 is 0 Å². The summed E-state index contributed by atoms with van der Waals surface area (Å²) in [6.07, 6.45) is 0.664. The van der Waals surface area contributed by atoms with Crippen molar-refractivity contribution in [2.45, 2.75) is 40.5 Å². The van der Waals surface area contributed by atoms with Crippen LogP contribution in [0.1, 0.15) is 35.9 Å². The Morgan fingerprint density at radius 1 is 1.11 bits per heavy atom. The molecule has 28 heavy (non-hydrogen) atoms. The summed E-state index contributed by atoms with van der Waals surface area (Å²) in [7, 11) is 0. The largest absolute Gasteiger partial charge is 0.494 e. The number of rotatable bonds is 7. The molecule has 0 unspecified atom stereocenters. The number of aryl methyl sites for hydroxylation is 4. The van der Waals surface area contributed by atoms with Crippen LogP contribution in [0.5, 0.6) is 5.75 Å². The van der Waals surface area contributed by atoms with Gasteiger partial charge in [0.25, 0.3) is 0 Å². The molecule has 0 saturated heterocycles. The predicted octanol–water partition coefficient (Wildman–Crippen LogP) is 4.63. The van der Waals surface area contributed by atoms with E-state index in [4.69, 9.17) is 9.26 Å². The molecule has 1 heterocycles. The molecule has 6 heteroatoms. The first-order chi connectivity index (χ1) is 13.5. The number of carbonyl (C=O) groups is 1. The van der Waals surface area contributed by atoms with E-state index < -0.39 is 0 Å². The lowest BCUT2D eigenvalue weighted by Crippen LogP contribution is -2.14. The van der Waals surface area contributed by atoms with Gasteiger partial charge >= 0.3 is 0 Å². The summed E-state index contributed by atoms with van der Waals surface area (Å²) in [6.45, 7) is 8.60. The Morgan fingerprint density at radius 3 is 2.43 bits per heavy atom. The second-order valence-electron chi connectivity index (χ2n) is 6.79. The van der Waals surface area contributed by atoms with Crippen molar-refractivity contribution in [3.05, 3.63) is 59.0 Å². The average Bonchev–Trinajstić information content (AvgIpc) is 3.13. The van der Waals surface area contributed by atoms with Crippen LogP contribution in [0.4, 0.5) is 5.69 Å². The molecule has 0 aliphatic heterocycles. The molecule has 0 aliphatic carbocycles. The lowest BCUT2D eigenvalue weighted by Gasteiger charge is -2.12. The van der Waals surface area contributed by atoms with Crippen molar-refractivity contribution in [3.63, 3.8) is 0 Å². The van der Waals surface area contributed by atoms with Gasteiger partial charge in [-0.15, -0.1) is 0 Å². The molecule has 0 spiro atoms. The van der Waals surface area contributed by atoms with Gasteiger partial charge < -0.3 is 14.6 Å². The van der Waals surface area contributed by atoms with E-state index in [9.17, 15) is 4.79 Å². The fraction of sp³-hybridized carbons (Fsp3) is 0.318. The highest BCUT2D eigenvalue weighted by atomic mass is 16.5. The molecule has 0 bridgehead atoms. The third kappa shape index (κ3) is 4.76. The number of aromatic nitrogens is 2. The molecular formula is C22H25N3O3. The molecule has 0 aliphatic rings. The van der Waals surface area contributed by atoms with E-state index in [1.807, 2.05) is 52.0 Å². The van der Waals surface area contributed by atoms with Crippen LogP contribution in [0, 0.1) is 20.8 Å². The van der Waals surface area contributed by atoms with Gasteiger partial charge in [0.2, 0.25) is 17.6 Å². The first-order valence-corrected chi connectivity index (χ1v) is 9.39. The van der Waals surface area contributed by atoms with Gasteiger partial charge in [-0.05, 0) is 63.1 Å². The van der Waals surface area contributed by atoms with Crippen molar-refractivity contribution in [2.75, 3.05) is 11.9 Å². The Labute approximate surface area is 164 Å². The molecule has 0 radical (unpaired) electrons. The number of anilines is 1. The van der Waals surface area contributed by atoms with E-state index in [-0.39, 0.29) is 12.3 Å². The monoisotopic (exact) mass is 379 g/mol. The lowest BCUT2D eigenvalue weighted by molar-refractivity contribution is -0.116. The van der Waals surface area contributed by atoms with Crippen LogP contribution in [0.2, 0.25) is 0 Å². The molecule has 3 rings (SSSR count). The van der Waals surface area contributed by atoms with Gasteiger partial charge in [-0.3, -0.25) is 4.79 Å². The topological polar surface area (TPSA) is 77.2 Å². The fourth-order valence-electron chi connectivity index (χ4n) is 3.14. The van der Waals surface area contributed by atoms with Gasteiger partial charge in [0.15, 0.2) is 0 Å². The molecule has 146 valence electrons. The molecule has 1 amide bonds. The summed E-state index contributed by atoms with van der Waals surface area (Å²) in [5, 5.41) is 6.99. The Hall–Kier alpha value is -3.15. The van der Waals surface area contributed by atoms with Gasteiger partial charge in [-0.2, -0.15) is 4.98 Å². The van der Waals surface area contributed by atoms with E-state index in [1.54, 1.807) is 0 Å². The maximum atomic E-state index is 12.3. The number of nitrogens with one attached hydrogen (secondary N) is 1. The average molecular weight is 379 g/mol. The van der Waals surface area contributed by atoms with Gasteiger partial charge in [0.05, 0.1) is 6.61 Å². The minimum atomic E-state index is -0.0733. The van der Waals surface area contributed by atoms with Crippen molar-refractivity contribution in [3.8, 4) is 17.1 Å². The number of benzene rings is 2. The molecular weight excluding hydrogens is 354 g/mol. The zero-order chi connectivity index (χ0) is 20.1. The summed E-state index contributed by atoms with van der Waals surface area (Å²) in [5.74, 6) is 1.67. The van der Waals surface area contributed by atoms with Crippen molar-refractivity contribution in [1.82, 2.24) is 10.1 Å². The molecule has 6 nitrogen and oxygen atoms in total. The minimum absolute atomic E-state index is 0.0733. The molecule has 3 aromatic rings. The van der Waals surface area contributed by atoms with Gasteiger partial charge in [-0.25, -0.2) is 0 Å². The Bertz CT molecular complexity index is 938. The third-order valence-electron chi connectivity index (χ3n) is 4.40. The van der Waals surface area contributed by atoms with Gasteiger partial charge in [0, 0.05) is 24.1 Å². The van der Waals surface area contributed by atoms with Crippen molar-refractivity contribution in [1.29, 1.82) is 0 Å². The molecule has 1 aromatic heterocycles. The van der Waals surface area contributed by atoms with E-state index in [0.29, 0.717) is 24.7 Å². The summed E-state index contributed by atoms with van der Waals surface area (Å²) in [4.78, 5) is 16.7. The van der Waals surface area contributed by atoms with E-state index >= 15 is 0 Å². The van der Waals surface area contributed by atoms with Gasteiger partial charge in [0.1, 0.15) is 5.75 Å². The highest BCUT2D eigenvalue weighted by Gasteiger charge is 2.13. The molecule has 0 saturated carbocycles. The second-order valence-corrected chi connectivity index (χ2v) is 6.79. The molecule has 0 fully saturated rings. The minimum Gasteiger partial charge on any atom is -0.494 e. The highest BCUT2D eigenvalue weighted by Crippen LogP contribution is 2.23. The van der Waals surface area contributed by atoms with E-state index in [0.717, 1.165) is 28.1 Å². The fourth-order valence-corrected chi connectivity index (χ4v) is 3.14. The van der Waals surface area contributed by atoms with Crippen LogP contribution in [-0.2, 0) is 11.2 Å². The highest BCUT2D eigenvalue weighted by molar-refractivity contribution is 5.92. The zero-order valence-electron chi connectivity index (χ0n) is 16.7. The van der Waals surface area contributed by atoms with Crippen LogP contribution in [0.15, 0.2) is 40.9 Å². The predicted molar refractivity (Wildman–Crippen MR) is 109 cm³/mol. The molecule has 0 atom stereocenters. The van der Waals surface area contributed by atoms with E-state index in [2.05, 4.69) is 27.6 Å².